The van der Waals surface area contributed by atoms with Gasteiger partial charge in [0.1, 0.15) is 22.4 Å². The Balaban J connectivity index is 1.19. The monoisotopic (exact) mass is 697 g/mol. The van der Waals surface area contributed by atoms with Gasteiger partial charge in [0.05, 0.1) is 30.8 Å². The number of morpholine rings is 1. The number of fused-ring (bicyclic) bond motifs is 1. The fourth-order valence-electron chi connectivity index (χ4n) is 5.58. The summed E-state index contributed by atoms with van der Waals surface area (Å²) in [7, 11) is 1.65. The van der Waals surface area contributed by atoms with Gasteiger partial charge in [0.2, 0.25) is 5.91 Å². The third-order valence-corrected chi connectivity index (χ3v) is 9.68. The van der Waals surface area contributed by atoms with Crippen LogP contribution in [0.4, 0.5) is 5.69 Å². The summed E-state index contributed by atoms with van der Waals surface area (Å²) >= 11 is 6.75. The van der Waals surface area contributed by atoms with Crippen molar-refractivity contribution in [1.29, 1.82) is 0 Å². The molecule has 2 saturated heterocycles. The van der Waals surface area contributed by atoms with Crippen molar-refractivity contribution >= 4 is 68.6 Å². The molecule has 2 fully saturated rings. The topological polar surface area (TPSA) is 118 Å². The van der Waals surface area contributed by atoms with Gasteiger partial charge in [-0.1, -0.05) is 48.2 Å². The van der Waals surface area contributed by atoms with Crippen LogP contribution in [-0.4, -0.2) is 90.1 Å². The number of rotatable bonds is 12. The quantitative estimate of drug-likeness (QED) is 0.132. The van der Waals surface area contributed by atoms with Gasteiger partial charge in [0.25, 0.3) is 5.91 Å². The second kappa shape index (κ2) is 15.6. The molecular weight excluding hydrogens is 663 g/mol. The number of ether oxygens (including phenoxy) is 3. The highest BCUT2D eigenvalue weighted by Gasteiger charge is 2.32. The van der Waals surface area contributed by atoms with Crippen molar-refractivity contribution in [1.82, 2.24) is 9.80 Å². The third kappa shape index (κ3) is 8.46. The maximum Gasteiger partial charge on any atom is 0.335 e. The van der Waals surface area contributed by atoms with E-state index in [1.165, 1.54) is 40.9 Å². The summed E-state index contributed by atoms with van der Waals surface area (Å²) in [5.74, 6) is -0.197. The molecule has 4 aromatic rings. The molecule has 0 radical (unpaired) electrons. The zero-order chi connectivity index (χ0) is 34.3. The van der Waals surface area contributed by atoms with Crippen molar-refractivity contribution in [3.05, 3.63) is 94.9 Å². The number of amides is 2. The first-order chi connectivity index (χ1) is 23.8. The van der Waals surface area contributed by atoms with E-state index >= 15 is 0 Å². The van der Waals surface area contributed by atoms with E-state index in [0.717, 1.165) is 52.8 Å². The lowest BCUT2D eigenvalue weighted by molar-refractivity contribution is -0.122. The van der Waals surface area contributed by atoms with Crippen LogP contribution in [0, 0.1) is 0 Å². The predicted octanol–water partition coefficient (Wildman–Crippen LogP) is 6.15. The van der Waals surface area contributed by atoms with E-state index in [9.17, 15) is 14.4 Å². The molecule has 0 aliphatic carbocycles. The molecule has 12 heteroatoms. The number of carbonyl (C=O) groups excluding carboxylic acids is 2. The van der Waals surface area contributed by atoms with E-state index in [-0.39, 0.29) is 30.3 Å². The summed E-state index contributed by atoms with van der Waals surface area (Å²) in [4.78, 5) is 41.5. The molecule has 2 aliphatic heterocycles. The summed E-state index contributed by atoms with van der Waals surface area (Å²) in [6.45, 7) is 4.48. The van der Waals surface area contributed by atoms with Crippen LogP contribution in [-0.2, 0) is 14.3 Å². The van der Waals surface area contributed by atoms with Crippen molar-refractivity contribution in [2.24, 2.45) is 0 Å². The van der Waals surface area contributed by atoms with Crippen LogP contribution in [0.5, 0.6) is 11.5 Å². The van der Waals surface area contributed by atoms with Gasteiger partial charge in [-0.25, -0.2) is 4.79 Å². The van der Waals surface area contributed by atoms with E-state index in [0.29, 0.717) is 40.5 Å². The maximum absolute atomic E-state index is 13.6. The first-order valence-corrected chi connectivity index (χ1v) is 17.0. The largest absolute Gasteiger partial charge is 0.497 e. The van der Waals surface area contributed by atoms with Gasteiger partial charge in [-0.3, -0.25) is 19.4 Å². The van der Waals surface area contributed by atoms with E-state index in [1.807, 2.05) is 42.5 Å². The summed E-state index contributed by atoms with van der Waals surface area (Å²) < 4.78 is 17.5. The van der Waals surface area contributed by atoms with Crippen molar-refractivity contribution in [3.63, 3.8) is 0 Å². The van der Waals surface area contributed by atoms with Gasteiger partial charge in [-0.05, 0) is 82.6 Å². The lowest BCUT2D eigenvalue weighted by Gasteiger charge is -2.26. The second-order valence-electron chi connectivity index (χ2n) is 11.5. The van der Waals surface area contributed by atoms with Crippen LogP contribution in [0.25, 0.3) is 28.0 Å². The zero-order valence-electron chi connectivity index (χ0n) is 26.8. The number of nitrogens with one attached hydrogen (secondary N) is 1. The van der Waals surface area contributed by atoms with Gasteiger partial charge >= 0.3 is 5.97 Å². The maximum atomic E-state index is 13.6. The van der Waals surface area contributed by atoms with E-state index < -0.39 is 5.97 Å². The number of nitrogens with zero attached hydrogens (tertiary/aromatic N) is 2. The van der Waals surface area contributed by atoms with Gasteiger partial charge in [-0.2, -0.15) is 0 Å². The molecule has 252 valence electrons. The Kier molecular flexibility index (Phi) is 10.9. The standard InChI is InChI=1S/C37H35N3O7S2/c1-45-31-10-6-26-20-25(2-3-28(26)22-31)27-7-11-32(47-19-16-39-14-17-46-18-15-39)29(21-27)23-33-35(42)40(37(48)49-33)13-12-34(41)38-30-8-4-24(5-9-30)36(43)44/h2-11,20-23H,12-19H2,1H3,(H,38,41)(H,43,44). The first kappa shape index (κ1) is 34.1. The van der Waals surface area contributed by atoms with E-state index in [1.54, 1.807) is 7.11 Å². The molecule has 2 aliphatic rings. The molecule has 0 spiro atoms. The fourth-order valence-corrected chi connectivity index (χ4v) is 6.88. The number of aromatic carboxylic acids is 1. The molecule has 0 atom stereocenters. The highest BCUT2D eigenvalue weighted by Crippen LogP contribution is 2.36. The third-order valence-electron chi connectivity index (χ3n) is 8.30. The smallest absolute Gasteiger partial charge is 0.335 e. The number of thiocarbonyl (C=S) groups is 1. The molecule has 0 saturated carbocycles. The van der Waals surface area contributed by atoms with Crippen LogP contribution in [0.1, 0.15) is 22.3 Å². The second-order valence-corrected chi connectivity index (χ2v) is 13.2. The summed E-state index contributed by atoms with van der Waals surface area (Å²) in [6, 6.07) is 24.1. The Hall–Kier alpha value is -4.75. The highest BCUT2D eigenvalue weighted by atomic mass is 32.2. The summed E-state index contributed by atoms with van der Waals surface area (Å²) in [5.41, 5.74) is 3.32. The van der Waals surface area contributed by atoms with Crippen molar-refractivity contribution in [3.8, 4) is 22.6 Å². The highest BCUT2D eigenvalue weighted by molar-refractivity contribution is 8.26. The summed E-state index contributed by atoms with van der Waals surface area (Å²) in [5, 5.41) is 14.0. The molecule has 2 heterocycles. The Morgan fingerprint density at radius 3 is 2.43 bits per heavy atom. The van der Waals surface area contributed by atoms with Crippen LogP contribution in [0.15, 0.2) is 83.8 Å². The minimum absolute atomic E-state index is 0.0135. The number of hydrogen-bond donors (Lipinski definition) is 2. The van der Waals surface area contributed by atoms with Crippen LogP contribution < -0.4 is 14.8 Å². The number of hydrogen-bond acceptors (Lipinski definition) is 9. The summed E-state index contributed by atoms with van der Waals surface area (Å²) in [6.07, 6.45) is 1.82. The number of carboxylic acid groups (broad SMARTS) is 1. The number of benzene rings is 4. The van der Waals surface area contributed by atoms with Crippen LogP contribution >= 0.6 is 24.0 Å². The lowest BCUT2D eigenvalue weighted by atomic mass is 9.99. The van der Waals surface area contributed by atoms with E-state index in [2.05, 4.69) is 28.4 Å². The van der Waals surface area contributed by atoms with Crippen molar-refractivity contribution in [2.45, 2.75) is 6.42 Å². The van der Waals surface area contributed by atoms with Gasteiger partial charge in [0, 0.05) is 43.9 Å². The van der Waals surface area contributed by atoms with Crippen molar-refractivity contribution < 1.29 is 33.7 Å². The fraction of sp³-hybridized carbons (Fsp3) is 0.243. The molecule has 2 amide bonds. The lowest BCUT2D eigenvalue weighted by Crippen LogP contribution is -2.38. The Morgan fingerprint density at radius 1 is 0.959 bits per heavy atom. The average Bonchev–Trinajstić information content (AvgIpc) is 3.38. The molecular formula is C37H35N3O7S2. The van der Waals surface area contributed by atoms with Gasteiger partial charge in [0.15, 0.2) is 0 Å². The number of methoxy groups -OCH3 is 1. The zero-order valence-corrected chi connectivity index (χ0v) is 28.5. The number of thioether (sulfide) groups is 1. The SMILES string of the molecule is COc1ccc2cc(-c3ccc(OCCN4CCOCC4)c(C=C4SC(=S)N(CCC(=O)Nc5ccc(C(=O)O)cc5)C4=O)c3)ccc2c1. The molecule has 10 nitrogen and oxygen atoms in total. The van der Waals surface area contributed by atoms with Crippen molar-refractivity contribution in [2.75, 3.05) is 58.4 Å². The Labute approximate surface area is 293 Å². The molecule has 0 unspecified atom stereocenters. The normalized spacial score (nSPS) is 15.9. The molecule has 0 aromatic heterocycles. The molecule has 0 bridgehead atoms. The Bertz CT molecular complexity index is 1920. The molecule has 4 aromatic carbocycles. The average molecular weight is 698 g/mol. The van der Waals surface area contributed by atoms with Gasteiger partial charge < -0.3 is 24.6 Å². The molecule has 6 rings (SSSR count). The molecule has 2 N–H and O–H groups in total. The van der Waals surface area contributed by atoms with Gasteiger partial charge in [-0.15, -0.1) is 0 Å². The molecule has 49 heavy (non-hydrogen) atoms. The minimum atomic E-state index is -1.05. The van der Waals surface area contributed by atoms with Crippen LogP contribution in [0.3, 0.4) is 0 Å². The number of anilines is 1. The predicted molar refractivity (Wildman–Crippen MR) is 195 cm³/mol. The minimum Gasteiger partial charge on any atom is -0.497 e. The number of carboxylic acids is 1. The van der Waals surface area contributed by atoms with E-state index in [4.69, 9.17) is 31.5 Å². The number of carbonyl (C=O) groups is 3. The van der Waals surface area contributed by atoms with Crippen LogP contribution in [0.2, 0.25) is 0 Å². The first-order valence-electron chi connectivity index (χ1n) is 15.8. The Morgan fingerprint density at radius 2 is 1.67 bits per heavy atom.